The minimum Gasteiger partial charge on any atom is -0.486 e. The van der Waals surface area contributed by atoms with Gasteiger partial charge in [-0.2, -0.15) is 0 Å². The number of anilines is 2. The monoisotopic (exact) mass is 468 g/mol. The Labute approximate surface area is 192 Å². The van der Waals surface area contributed by atoms with Crippen molar-refractivity contribution in [1.29, 1.82) is 0 Å². The molecular weight excluding hydrogens is 444 g/mol. The quantitative estimate of drug-likeness (QED) is 0.549. The molecule has 4 rings (SSSR count). The van der Waals surface area contributed by atoms with Crippen molar-refractivity contribution in [3.05, 3.63) is 71.9 Å². The van der Waals surface area contributed by atoms with E-state index in [0.29, 0.717) is 42.5 Å². The van der Waals surface area contributed by atoms with E-state index < -0.39 is 10.0 Å². The number of sulfonamides is 1. The van der Waals surface area contributed by atoms with E-state index in [9.17, 15) is 13.2 Å². The first kappa shape index (κ1) is 22.4. The zero-order valence-corrected chi connectivity index (χ0v) is 19.1. The van der Waals surface area contributed by atoms with Crippen molar-refractivity contribution in [1.82, 2.24) is 10.3 Å². The lowest BCUT2D eigenvalue weighted by molar-refractivity contribution is 0.0951. The van der Waals surface area contributed by atoms with Crippen LogP contribution in [0.5, 0.6) is 11.5 Å². The van der Waals surface area contributed by atoms with E-state index in [4.69, 9.17) is 9.47 Å². The van der Waals surface area contributed by atoms with Crippen LogP contribution in [-0.2, 0) is 16.6 Å². The summed E-state index contributed by atoms with van der Waals surface area (Å²) in [6.07, 6.45) is 1.71. The van der Waals surface area contributed by atoms with Crippen LogP contribution in [0.2, 0.25) is 0 Å². The normalized spacial score (nSPS) is 12.7. The number of aromatic nitrogens is 1. The number of carbonyl (C=O) groups excluding carboxylic acids is 1. The zero-order chi connectivity index (χ0) is 23.4. The number of hydrogen-bond donors (Lipinski definition) is 2. The predicted molar refractivity (Wildman–Crippen MR) is 124 cm³/mol. The van der Waals surface area contributed by atoms with Crippen LogP contribution in [-0.4, -0.2) is 46.6 Å². The summed E-state index contributed by atoms with van der Waals surface area (Å²) in [6.45, 7) is 1.13. The fourth-order valence-corrected chi connectivity index (χ4v) is 4.24. The van der Waals surface area contributed by atoms with Crippen LogP contribution < -0.4 is 24.4 Å². The number of pyridine rings is 1. The highest BCUT2D eigenvalue weighted by Gasteiger charge is 2.19. The van der Waals surface area contributed by atoms with Gasteiger partial charge in [-0.1, -0.05) is 6.07 Å². The van der Waals surface area contributed by atoms with Gasteiger partial charge in [-0.05, 0) is 48.0 Å². The summed E-state index contributed by atoms with van der Waals surface area (Å²) < 4.78 is 38.9. The van der Waals surface area contributed by atoms with Crippen LogP contribution in [0, 0.1) is 0 Å². The molecule has 33 heavy (non-hydrogen) atoms. The van der Waals surface area contributed by atoms with Crippen molar-refractivity contribution in [3.63, 3.8) is 0 Å². The van der Waals surface area contributed by atoms with Crippen molar-refractivity contribution in [2.75, 3.05) is 36.9 Å². The topological polar surface area (TPSA) is 110 Å². The van der Waals surface area contributed by atoms with E-state index in [1.807, 2.05) is 31.1 Å². The lowest BCUT2D eigenvalue weighted by Gasteiger charge is -2.19. The molecule has 1 aliphatic rings. The molecular formula is C23H24N4O5S. The van der Waals surface area contributed by atoms with E-state index in [1.54, 1.807) is 24.4 Å². The number of carbonyl (C=O) groups is 1. The molecule has 0 unspecified atom stereocenters. The Bertz CT molecular complexity index is 1240. The summed E-state index contributed by atoms with van der Waals surface area (Å²) in [5.41, 5.74) is 1.62. The maximum Gasteiger partial charge on any atom is 0.262 e. The molecule has 0 atom stereocenters. The minimum atomic E-state index is -3.83. The highest BCUT2D eigenvalue weighted by atomic mass is 32.2. The number of ether oxygens (including phenoxy) is 2. The molecule has 1 aromatic heterocycles. The molecule has 0 spiro atoms. The van der Waals surface area contributed by atoms with E-state index in [-0.39, 0.29) is 10.8 Å². The van der Waals surface area contributed by atoms with Gasteiger partial charge in [0, 0.05) is 44.2 Å². The lowest BCUT2D eigenvalue weighted by Crippen LogP contribution is -2.23. The number of amides is 1. The van der Waals surface area contributed by atoms with Crippen molar-refractivity contribution < 1.29 is 22.7 Å². The van der Waals surface area contributed by atoms with E-state index >= 15 is 0 Å². The van der Waals surface area contributed by atoms with Crippen LogP contribution in [0.1, 0.15) is 15.9 Å². The summed E-state index contributed by atoms with van der Waals surface area (Å²) in [5.74, 6) is 1.47. The van der Waals surface area contributed by atoms with Gasteiger partial charge >= 0.3 is 0 Å². The molecule has 1 amide bonds. The van der Waals surface area contributed by atoms with Gasteiger partial charge in [-0.3, -0.25) is 9.52 Å². The number of rotatable bonds is 7. The third-order valence-electron chi connectivity index (χ3n) is 4.94. The highest BCUT2D eigenvalue weighted by Crippen LogP contribution is 2.32. The summed E-state index contributed by atoms with van der Waals surface area (Å²) in [4.78, 5) is 18.7. The average Bonchev–Trinajstić information content (AvgIpc) is 2.82. The van der Waals surface area contributed by atoms with Crippen LogP contribution in [0.25, 0.3) is 0 Å². The summed E-state index contributed by atoms with van der Waals surface area (Å²) in [7, 11) is -0.0193. The van der Waals surface area contributed by atoms with Crippen molar-refractivity contribution >= 4 is 27.4 Å². The Morgan fingerprint density at radius 2 is 1.73 bits per heavy atom. The molecule has 0 fully saturated rings. The lowest BCUT2D eigenvalue weighted by atomic mass is 10.2. The summed E-state index contributed by atoms with van der Waals surface area (Å²) in [5, 5.41) is 2.83. The molecule has 172 valence electrons. The predicted octanol–water partition coefficient (Wildman–Crippen LogP) is 2.65. The molecule has 0 aliphatic carbocycles. The second-order valence-corrected chi connectivity index (χ2v) is 9.27. The molecule has 0 saturated carbocycles. The number of nitrogens with zero attached hydrogens (tertiary/aromatic N) is 2. The first-order chi connectivity index (χ1) is 15.8. The fraction of sp³-hybridized carbons (Fsp3) is 0.217. The molecule has 2 N–H and O–H groups in total. The second-order valence-electron chi connectivity index (χ2n) is 7.59. The SMILES string of the molecule is CN(C)c1ccc(CNC(=O)c2ccc(NS(=O)(=O)c3ccc4c(c3)OCCO4)cc2)cn1. The molecule has 10 heteroatoms. The summed E-state index contributed by atoms with van der Waals surface area (Å²) >= 11 is 0. The number of fused-ring (bicyclic) bond motifs is 1. The molecule has 9 nitrogen and oxygen atoms in total. The molecule has 0 bridgehead atoms. The molecule has 2 aromatic carbocycles. The molecule has 0 radical (unpaired) electrons. The van der Waals surface area contributed by atoms with Crippen LogP contribution in [0.15, 0.2) is 65.7 Å². The smallest absolute Gasteiger partial charge is 0.262 e. The Morgan fingerprint density at radius 3 is 2.39 bits per heavy atom. The van der Waals surface area contributed by atoms with E-state index in [0.717, 1.165) is 11.4 Å². The first-order valence-corrected chi connectivity index (χ1v) is 11.7. The van der Waals surface area contributed by atoms with Gasteiger partial charge in [0.25, 0.3) is 15.9 Å². The highest BCUT2D eigenvalue weighted by molar-refractivity contribution is 7.92. The van der Waals surface area contributed by atoms with Gasteiger partial charge in [-0.15, -0.1) is 0 Å². The Kier molecular flexibility index (Phi) is 6.36. The van der Waals surface area contributed by atoms with Gasteiger partial charge in [-0.25, -0.2) is 13.4 Å². The van der Waals surface area contributed by atoms with Crippen LogP contribution >= 0.6 is 0 Å². The van der Waals surface area contributed by atoms with Gasteiger partial charge < -0.3 is 19.7 Å². The van der Waals surface area contributed by atoms with Crippen molar-refractivity contribution in [3.8, 4) is 11.5 Å². The Morgan fingerprint density at radius 1 is 1.00 bits per heavy atom. The Balaban J connectivity index is 1.37. The average molecular weight is 469 g/mol. The van der Waals surface area contributed by atoms with Gasteiger partial charge in [0.2, 0.25) is 0 Å². The maximum atomic E-state index is 12.7. The van der Waals surface area contributed by atoms with Crippen LogP contribution in [0.3, 0.4) is 0 Å². The number of benzene rings is 2. The number of hydrogen-bond acceptors (Lipinski definition) is 7. The Hall–Kier alpha value is -3.79. The minimum absolute atomic E-state index is 0.0578. The van der Waals surface area contributed by atoms with Crippen LogP contribution in [0.4, 0.5) is 11.5 Å². The molecule has 0 saturated heterocycles. The van der Waals surface area contributed by atoms with E-state index in [1.165, 1.54) is 24.3 Å². The zero-order valence-electron chi connectivity index (χ0n) is 18.2. The third kappa shape index (κ3) is 5.35. The first-order valence-electron chi connectivity index (χ1n) is 10.2. The third-order valence-corrected chi connectivity index (χ3v) is 6.32. The van der Waals surface area contributed by atoms with Gasteiger partial charge in [0.15, 0.2) is 11.5 Å². The van der Waals surface area contributed by atoms with Crippen molar-refractivity contribution in [2.24, 2.45) is 0 Å². The van der Waals surface area contributed by atoms with Gasteiger partial charge in [0.05, 0.1) is 4.90 Å². The van der Waals surface area contributed by atoms with Gasteiger partial charge in [0.1, 0.15) is 19.0 Å². The molecule has 2 heterocycles. The standard InChI is InChI=1S/C23H24N4O5S/c1-27(2)22-10-3-16(14-24-22)15-25-23(28)17-4-6-18(7-5-17)26-33(29,30)19-8-9-20-21(13-19)32-12-11-31-20/h3-10,13-14,26H,11-12,15H2,1-2H3,(H,25,28). The largest absolute Gasteiger partial charge is 0.486 e. The molecule has 1 aliphatic heterocycles. The van der Waals surface area contributed by atoms with Crippen molar-refractivity contribution in [2.45, 2.75) is 11.4 Å². The summed E-state index contributed by atoms with van der Waals surface area (Å²) in [6, 6.07) is 14.4. The van der Waals surface area contributed by atoms with E-state index in [2.05, 4.69) is 15.0 Å². The molecule has 3 aromatic rings. The fourth-order valence-electron chi connectivity index (χ4n) is 3.16. The second kappa shape index (κ2) is 9.37. The maximum absolute atomic E-state index is 12.7. The number of nitrogens with one attached hydrogen (secondary N) is 2.